The highest BCUT2D eigenvalue weighted by Crippen LogP contribution is 2.38. The first-order valence-electron chi connectivity index (χ1n) is 7.84. The number of rotatable bonds is 4. The van der Waals surface area contributed by atoms with E-state index in [-0.39, 0.29) is 11.9 Å². The fourth-order valence-electron chi connectivity index (χ4n) is 2.91. The number of pyridine rings is 1. The molecule has 1 atom stereocenters. The average Bonchev–Trinajstić information content (AvgIpc) is 3.29. The molecule has 1 saturated carbocycles. The number of aromatic nitrogens is 3. The minimum Gasteiger partial charge on any atom is -0.365 e. The van der Waals surface area contributed by atoms with E-state index in [1.807, 2.05) is 11.0 Å². The summed E-state index contributed by atoms with van der Waals surface area (Å²) in [4.78, 5) is 15.0. The van der Waals surface area contributed by atoms with Crippen molar-refractivity contribution in [1.82, 2.24) is 15.0 Å². The third kappa shape index (κ3) is 3.22. The molecule has 120 valence electrons. The van der Waals surface area contributed by atoms with Crippen molar-refractivity contribution < 1.29 is 4.39 Å². The molecule has 0 amide bonds. The van der Waals surface area contributed by atoms with Gasteiger partial charge in [-0.15, -0.1) is 0 Å². The van der Waals surface area contributed by atoms with Crippen LogP contribution in [0.3, 0.4) is 0 Å². The molecule has 4 rings (SSSR count). The van der Waals surface area contributed by atoms with Crippen LogP contribution < -0.4 is 10.2 Å². The molecule has 0 bridgehead atoms. The molecule has 1 aliphatic heterocycles. The second-order valence-electron chi connectivity index (χ2n) is 6.11. The molecule has 2 fully saturated rings. The summed E-state index contributed by atoms with van der Waals surface area (Å²) in [6, 6.07) is 3.40. The molecule has 2 aromatic heterocycles. The van der Waals surface area contributed by atoms with Gasteiger partial charge in [-0.25, -0.2) is 19.3 Å². The van der Waals surface area contributed by atoms with Gasteiger partial charge in [0.1, 0.15) is 11.6 Å². The predicted molar refractivity (Wildman–Crippen MR) is 87.5 cm³/mol. The molecule has 1 unspecified atom stereocenters. The van der Waals surface area contributed by atoms with Crippen LogP contribution in [0, 0.1) is 5.82 Å². The van der Waals surface area contributed by atoms with Crippen molar-refractivity contribution in [3.8, 4) is 0 Å². The average molecular weight is 334 g/mol. The van der Waals surface area contributed by atoms with Gasteiger partial charge in [-0.3, -0.25) is 0 Å². The van der Waals surface area contributed by atoms with Crippen molar-refractivity contribution in [2.45, 2.75) is 31.2 Å². The van der Waals surface area contributed by atoms with Crippen LogP contribution >= 0.6 is 11.6 Å². The van der Waals surface area contributed by atoms with E-state index in [9.17, 15) is 4.39 Å². The number of hydrogen-bond acceptors (Lipinski definition) is 5. The number of halogens is 2. The zero-order chi connectivity index (χ0) is 15.8. The van der Waals surface area contributed by atoms with Crippen molar-refractivity contribution in [1.29, 1.82) is 0 Å². The van der Waals surface area contributed by atoms with Crippen molar-refractivity contribution in [3.63, 3.8) is 0 Å². The van der Waals surface area contributed by atoms with E-state index in [2.05, 4.69) is 20.3 Å². The summed E-state index contributed by atoms with van der Waals surface area (Å²) in [7, 11) is 0. The van der Waals surface area contributed by atoms with Crippen molar-refractivity contribution in [3.05, 3.63) is 41.2 Å². The molecule has 2 aliphatic rings. The van der Waals surface area contributed by atoms with Crippen molar-refractivity contribution >= 4 is 23.2 Å². The van der Waals surface area contributed by atoms with Gasteiger partial charge in [0, 0.05) is 37.4 Å². The molecule has 2 aromatic rings. The van der Waals surface area contributed by atoms with Crippen LogP contribution in [-0.4, -0.2) is 34.1 Å². The largest absolute Gasteiger partial charge is 0.365 e. The lowest BCUT2D eigenvalue weighted by atomic mass is 10.2. The topological polar surface area (TPSA) is 53.9 Å². The monoisotopic (exact) mass is 333 g/mol. The van der Waals surface area contributed by atoms with Crippen LogP contribution in [0.1, 0.15) is 31.0 Å². The highest BCUT2D eigenvalue weighted by molar-refractivity contribution is 6.30. The van der Waals surface area contributed by atoms with Crippen molar-refractivity contribution in [2.75, 3.05) is 23.3 Å². The third-order valence-corrected chi connectivity index (χ3v) is 4.45. The van der Waals surface area contributed by atoms with E-state index in [0.29, 0.717) is 23.3 Å². The summed E-state index contributed by atoms with van der Waals surface area (Å²) in [5.41, 5.74) is 0. The lowest BCUT2D eigenvalue weighted by Crippen LogP contribution is -2.27. The Morgan fingerprint density at radius 3 is 2.91 bits per heavy atom. The maximum absolute atomic E-state index is 14.0. The zero-order valence-electron chi connectivity index (χ0n) is 12.5. The molecule has 7 heteroatoms. The van der Waals surface area contributed by atoms with Gasteiger partial charge < -0.3 is 10.2 Å². The highest BCUT2D eigenvalue weighted by atomic mass is 35.5. The Labute approximate surface area is 138 Å². The van der Waals surface area contributed by atoms with E-state index in [4.69, 9.17) is 11.6 Å². The second-order valence-corrected chi connectivity index (χ2v) is 6.55. The number of nitrogens with zero attached hydrogens (tertiary/aromatic N) is 4. The Morgan fingerprint density at radius 2 is 2.13 bits per heavy atom. The van der Waals surface area contributed by atoms with Gasteiger partial charge >= 0.3 is 0 Å². The number of nitrogens with one attached hydrogen (secondary N) is 1. The molecule has 23 heavy (non-hydrogen) atoms. The summed E-state index contributed by atoms with van der Waals surface area (Å²) in [5.74, 6) is 2.29. The van der Waals surface area contributed by atoms with Gasteiger partial charge in [0.05, 0.1) is 5.02 Å². The normalized spacial score (nSPS) is 20.8. The summed E-state index contributed by atoms with van der Waals surface area (Å²) < 4.78 is 14.0. The van der Waals surface area contributed by atoms with Crippen LogP contribution in [0.4, 0.5) is 16.0 Å². The molecule has 3 heterocycles. The van der Waals surface area contributed by atoms with Gasteiger partial charge in [-0.05, 0) is 31.4 Å². The van der Waals surface area contributed by atoms with Crippen molar-refractivity contribution in [2.24, 2.45) is 0 Å². The minimum absolute atomic E-state index is 0.217. The first-order valence-corrected chi connectivity index (χ1v) is 8.22. The molecule has 1 N–H and O–H groups in total. The van der Waals surface area contributed by atoms with Gasteiger partial charge in [0.2, 0.25) is 0 Å². The highest BCUT2D eigenvalue weighted by Gasteiger charge is 2.28. The Bertz CT molecular complexity index is 721. The van der Waals surface area contributed by atoms with Crippen LogP contribution in [0.2, 0.25) is 5.02 Å². The van der Waals surface area contributed by atoms with Gasteiger partial charge in [0.25, 0.3) is 0 Å². The summed E-state index contributed by atoms with van der Waals surface area (Å²) >= 11 is 5.76. The SMILES string of the molecule is Fc1cc(Cl)cnc1N1CCC(Nc2ccnc(C3CC3)n2)C1. The smallest absolute Gasteiger partial charge is 0.167 e. The Kier molecular flexibility index (Phi) is 3.77. The van der Waals surface area contributed by atoms with E-state index in [0.717, 1.165) is 24.6 Å². The first-order chi connectivity index (χ1) is 11.2. The molecule has 1 aliphatic carbocycles. The van der Waals surface area contributed by atoms with Crippen LogP contribution in [0.5, 0.6) is 0 Å². The van der Waals surface area contributed by atoms with E-state index in [1.54, 1.807) is 6.20 Å². The fraction of sp³-hybridized carbons (Fsp3) is 0.438. The third-order valence-electron chi connectivity index (χ3n) is 4.24. The van der Waals surface area contributed by atoms with Gasteiger partial charge in [-0.2, -0.15) is 0 Å². The zero-order valence-corrected chi connectivity index (χ0v) is 13.3. The molecule has 0 radical (unpaired) electrons. The lowest BCUT2D eigenvalue weighted by Gasteiger charge is -2.18. The molecule has 0 spiro atoms. The maximum Gasteiger partial charge on any atom is 0.167 e. The predicted octanol–water partition coefficient (Wildman–Crippen LogP) is 3.23. The van der Waals surface area contributed by atoms with Crippen LogP contribution in [-0.2, 0) is 0 Å². The van der Waals surface area contributed by atoms with Crippen LogP contribution in [0.15, 0.2) is 24.5 Å². The Morgan fingerprint density at radius 1 is 1.26 bits per heavy atom. The van der Waals surface area contributed by atoms with Gasteiger partial charge in [-0.1, -0.05) is 11.6 Å². The second kappa shape index (κ2) is 5.92. The van der Waals surface area contributed by atoms with E-state index < -0.39 is 0 Å². The summed E-state index contributed by atoms with van der Waals surface area (Å²) in [6.07, 6.45) is 6.56. The first kappa shape index (κ1) is 14.6. The fourth-order valence-corrected chi connectivity index (χ4v) is 3.06. The summed E-state index contributed by atoms with van der Waals surface area (Å²) in [6.45, 7) is 1.44. The van der Waals surface area contributed by atoms with Gasteiger partial charge in [0.15, 0.2) is 11.6 Å². The Balaban J connectivity index is 1.43. The standard InChI is InChI=1S/C16H17ClFN5/c17-11-7-13(18)16(20-8-11)23-6-4-12(9-23)21-14-3-5-19-15(22-14)10-1-2-10/h3,5,7-8,10,12H,1-2,4,6,9H2,(H,19,21,22). The number of hydrogen-bond donors (Lipinski definition) is 1. The maximum atomic E-state index is 14.0. The molecule has 5 nitrogen and oxygen atoms in total. The summed E-state index contributed by atoms with van der Waals surface area (Å²) in [5, 5.41) is 3.74. The van der Waals surface area contributed by atoms with E-state index in [1.165, 1.54) is 25.1 Å². The minimum atomic E-state index is -0.379. The number of anilines is 2. The molecule has 1 saturated heterocycles. The van der Waals surface area contributed by atoms with Crippen LogP contribution in [0.25, 0.3) is 0 Å². The quantitative estimate of drug-likeness (QED) is 0.931. The van der Waals surface area contributed by atoms with E-state index >= 15 is 0 Å². The Hall–Kier alpha value is -1.95. The molecular formula is C16H17ClFN5. The lowest BCUT2D eigenvalue weighted by molar-refractivity contribution is 0.615. The molecule has 0 aromatic carbocycles. The molecular weight excluding hydrogens is 317 g/mol.